The summed E-state index contributed by atoms with van der Waals surface area (Å²) in [7, 11) is 0. The van der Waals surface area contributed by atoms with E-state index < -0.39 is 5.97 Å². The highest BCUT2D eigenvalue weighted by molar-refractivity contribution is 5.69. The Bertz CT molecular complexity index is 827. The van der Waals surface area contributed by atoms with Crippen LogP contribution < -0.4 is 11.1 Å². The third kappa shape index (κ3) is 42.9. The number of unbranched alkanes of at least 4 members (excludes halogenated alkanes) is 27. The smallest absolute Gasteiger partial charge is 0.305 e. The van der Waals surface area contributed by atoms with Crippen molar-refractivity contribution in [2.24, 2.45) is 5.73 Å². The summed E-state index contributed by atoms with van der Waals surface area (Å²) in [6, 6.07) is 0.667. The first kappa shape index (κ1) is 51.3. The summed E-state index contributed by atoms with van der Waals surface area (Å²) in [4.78, 5) is 22.4. The minimum Gasteiger partial charge on any atom is -0.481 e. The molecule has 53 heavy (non-hydrogen) atoms. The van der Waals surface area contributed by atoms with E-state index in [4.69, 9.17) is 15.6 Å². The molecule has 6 heteroatoms. The van der Waals surface area contributed by atoms with Crippen LogP contribution in [0.3, 0.4) is 0 Å². The topological polar surface area (TPSA) is 102 Å². The average Bonchev–Trinajstić information content (AvgIpc) is 3.14. The molecule has 0 saturated heterocycles. The Balaban J connectivity index is 3.45. The molecule has 0 radical (unpaired) electrons. The van der Waals surface area contributed by atoms with Crippen LogP contribution in [0.15, 0.2) is 24.3 Å². The van der Waals surface area contributed by atoms with Gasteiger partial charge in [-0.25, -0.2) is 0 Å². The minimum absolute atomic E-state index is 0.00278. The van der Waals surface area contributed by atoms with Crippen molar-refractivity contribution in [3.63, 3.8) is 0 Å². The number of hydrogen-bond donors (Lipinski definition) is 3. The molecule has 0 saturated carbocycles. The summed E-state index contributed by atoms with van der Waals surface area (Å²) in [5, 5.41) is 12.4. The van der Waals surface area contributed by atoms with Gasteiger partial charge in [-0.2, -0.15) is 0 Å². The minimum atomic E-state index is -0.671. The summed E-state index contributed by atoms with van der Waals surface area (Å²) in [5.74, 6) is -0.674. The third-order valence-corrected chi connectivity index (χ3v) is 10.6. The second-order valence-corrected chi connectivity index (χ2v) is 16.0. The molecule has 0 aromatic carbocycles. The molecule has 0 aliphatic heterocycles. The van der Waals surface area contributed by atoms with Crippen molar-refractivity contribution < 1.29 is 19.4 Å². The quantitative estimate of drug-likeness (QED) is 0.0326. The van der Waals surface area contributed by atoms with Crippen LogP contribution in [0.1, 0.15) is 239 Å². The van der Waals surface area contributed by atoms with Crippen molar-refractivity contribution in [1.29, 1.82) is 0 Å². The maximum absolute atomic E-state index is 11.8. The van der Waals surface area contributed by atoms with E-state index in [1.807, 2.05) is 0 Å². The van der Waals surface area contributed by atoms with Crippen molar-refractivity contribution in [3.05, 3.63) is 24.3 Å². The number of carboxylic acid groups (broad SMARTS) is 1. The summed E-state index contributed by atoms with van der Waals surface area (Å²) >= 11 is 0. The molecular formula is C47H90N2O4. The zero-order valence-corrected chi connectivity index (χ0v) is 35.4. The van der Waals surface area contributed by atoms with E-state index in [9.17, 15) is 9.59 Å². The van der Waals surface area contributed by atoms with Gasteiger partial charge in [0.05, 0.1) is 6.61 Å². The van der Waals surface area contributed by atoms with Gasteiger partial charge in [0.25, 0.3) is 0 Å². The summed E-state index contributed by atoms with van der Waals surface area (Å²) in [5.41, 5.74) is 6.31. The summed E-state index contributed by atoms with van der Waals surface area (Å²) in [6.45, 7) is 6.10. The normalized spacial score (nSPS) is 13.0. The van der Waals surface area contributed by atoms with E-state index >= 15 is 0 Å². The van der Waals surface area contributed by atoms with E-state index in [0.29, 0.717) is 25.5 Å². The van der Waals surface area contributed by atoms with Gasteiger partial charge in [-0.3, -0.25) is 9.59 Å². The summed E-state index contributed by atoms with van der Waals surface area (Å²) < 4.78 is 5.37. The lowest BCUT2D eigenvalue weighted by Gasteiger charge is -2.22. The van der Waals surface area contributed by atoms with E-state index in [1.165, 1.54) is 167 Å². The number of ether oxygens (including phenoxy) is 1. The SMILES string of the molecule is CCCCCCCCOC(=O)CCCCCCC/C=C\CCCCCCCCNC(CCCCCCCC/C=C\CCCCCCCC(=O)O)C(C)N. The number of rotatable bonds is 43. The Morgan fingerprint density at radius 1 is 0.547 bits per heavy atom. The van der Waals surface area contributed by atoms with Gasteiger partial charge >= 0.3 is 11.9 Å². The van der Waals surface area contributed by atoms with Gasteiger partial charge < -0.3 is 20.9 Å². The van der Waals surface area contributed by atoms with Crippen LogP contribution in [-0.2, 0) is 14.3 Å². The van der Waals surface area contributed by atoms with Gasteiger partial charge in [-0.15, -0.1) is 0 Å². The molecule has 2 unspecified atom stereocenters. The highest BCUT2D eigenvalue weighted by Crippen LogP contribution is 2.14. The van der Waals surface area contributed by atoms with Crippen molar-refractivity contribution in [3.8, 4) is 0 Å². The fraction of sp³-hybridized carbons (Fsp3) is 0.872. The number of allylic oxidation sites excluding steroid dienone is 4. The second kappa shape index (κ2) is 43.1. The third-order valence-electron chi connectivity index (χ3n) is 10.6. The molecule has 0 bridgehead atoms. The fourth-order valence-corrected chi connectivity index (χ4v) is 7.01. The van der Waals surface area contributed by atoms with Gasteiger partial charge in [-0.05, 0) is 96.9 Å². The van der Waals surface area contributed by atoms with Crippen LogP contribution in [0, 0.1) is 0 Å². The molecule has 4 N–H and O–H groups in total. The summed E-state index contributed by atoms with van der Waals surface area (Å²) in [6.07, 6.45) is 50.9. The van der Waals surface area contributed by atoms with Crippen LogP contribution in [0.25, 0.3) is 0 Å². The second-order valence-electron chi connectivity index (χ2n) is 16.0. The van der Waals surface area contributed by atoms with E-state index in [-0.39, 0.29) is 12.0 Å². The Hall–Kier alpha value is -1.66. The number of nitrogens with two attached hydrogens (primary N) is 1. The molecular weight excluding hydrogens is 657 g/mol. The van der Waals surface area contributed by atoms with Crippen LogP contribution in [0.2, 0.25) is 0 Å². The molecule has 312 valence electrons. The molecule has 0 rings (SSSR count). The number of carbonyl (C=O) groups is 2. The van der Waals surface area contributed by atoms with Gasteiger partial charge in [-0.1, -0.05) is 160 Å². The monoisotopic (exact) mass is 747 g/mol. The first-order chi connectivity index (χ1) is 26.0. The maximum atomic E-state index is 11.8. The van der Waals surface area contributed by atoms with Crippen LogP contribution >= 0.6 is 0 Å². The van der Waals surface area contributed by atoms with Crippen molar-refractivity contribution >= 4 is 11.9 Å². The molecule has 0 spiro atoms. The fourth-order valence-electron chi connectivity index (χ4n) is 7.01. The predicted octanol–water partition coefficient (Wildman–Crippen LogP) is 13.7. The number of esters is 1. The van der Waals surface area contributed by atoms with Gasteiger partial charge in [0.1, 0.15) is 0 Å². The Labute approximate surface area is 329 Å². The molecule has 0 fully saturated rings. The number of hydrogen-bond acceptors (Lipinski definition) is 5. The van der Waals surface area contributed by atoms with Gasteiger partial charge in [0.15, 0.2) is 0 Å². The number of carboxylic acids is 1. The molecule has 2 atom stereocenters. The standard InChI is InChI=1S/C47H90N2O4/c1-3-4-5-6-33-38-43-53-47(52)41-36-31-27-23-19-15-11-8-12-16-20-24-28-32-37-42-49-45(44(2)48)39-34-29-25-21-17-13-9-7-10-14-18-22-26-30-35-40-46(50)51/h7-8,10-11,44-45,49H,3-6,9,12-43,48H2,1-2H3,(H,50,51)/b10-7-,11-8-. The van der Waals surface area contributed by atoms with Gasteiger partial charge in [0.2, 0.25) is 0 Å². The largest absolute Gasteiger partial charge is 0.481 e. The zero-order chi connectivity index (χ0) is 38.7. The zero-order valence-electron chi connectivity index (χ0n) is 35.4. The van der Waals surface area contributed by atoms with Crippen molar-refractivity contribution in [2.45, 2.75) is 251 Å². The number of aliphatic carboxylic acids is 1. The van der Waals surface area contributed by atoms with Crippen molar-refractivity contribution in [2.75, 3.05) is 13.2 Å². The van der Waals surface area contributed by atoms with E-state index in [0.717, 1.165) is 51.5 Å². The van der Waals surface area contributed by atoms with Crippen LogP contribution in [0.4, 0.5) is 0 Å². The Kier molecular flexibility index (Phi) is 41.7. The van der Waals surface area contributed by atoms with Crippen molar-refractivity contribution in [1.82, 2.24) is 5.32 Å². The average molecular weight is 747 g/mol. The highest BCUT2D eigenvalue weighted by Gasteiger charge is 2.12. The van der Waals surface area contributed by atoms with Crippen LogP contribution in [-0.4, -0.2) is 42.3 Å². The first-order valence-corrected chi connectivity index (χ1v) is 23.1. The lowest BCUT2D eigenvalue weighted by molar-refractivity contribution is -0.144. The Morgan fingerprint density at radius 2 is 0.943 bits per heavy atom. The Morgan fingerprint density at radius 3 is 1.42 bits per heavy atom. The van der Waals surface area contributed by atoms with Crippen LogP contribution in [0.5, 0.6) is 0 Å². The molecule has 0 aromatic rings. The predicted molar refractivity (Wildman–Crippen MR) is 230 cm³/mol. The lowest BCUT2D eigenvalue weighted by Crippen LogP contribution is -2.43. The molecule has 0 amide bonds. The maximum Gasteiger partial charge on any atom is 0.305 e. The molecule has 6 nitrogen and oxygen atoms in total. The number of nitrogens with one attached hydrogen (secondary N) is 1. The highest BCUT2D eigenvalue weighted by atomic mass is 16.5. The molecule has 0 aromatic heterocycles. The van der Waals surface area contributed by atoms with E-state index in [2.05, 4.69) is 43.5 Å². The van der Waals surface area contributed by atoms with Gasteiger partial charge in [0, 0.05) is 24.9 Å². The first-order valence-electron chi connectivity index (χ1n) is 23.1. The molecule has 0 aliphatic carbocycles. The molecule has 0 aliphatic rings. The number of carbonyl (C=O) groups excluding carboxylic acids is 1. The van der Waals surface area contributed by atoms with E-state index in [1.54, 1.807) is 0 Å². The lowest BCUT2D eigenvalue weighted by atomic mass is 10.0. The molecule has 0 heterocycles.